The molecule has 0 aliphatic heterocycles. The lowest BCUT2D eigenvalue weighted by atomic mass is 10.4. The molecule has 2 aromatic heterocycles. The molecule has 2 aromatic rings. The van der Waals surface area contributed by atoms with Crippen LogP contribution in [0.5, 0.6) is 0 Å². The van der Waals surface area contributed by atoms with Crippen LogP contribution in [0.2, 0.25) is 0 Å². The minimum atomic E-state index is 0.779. The van der Waals surface area contributed by atoms with Crippen LogP contribution in [0.15, 0.2) is 24.9 Å². The van der Waals surface area contributed by atoms with Crippen LogP contribution < -0.4 is 5.32 Å². The number of nitrogens with one attached hydrogen (secondary N) is 1. The second-order valence-electron chi connectivity index (χ2n) is 3.55. The molecule has 1 N–H and O–H groups in total. The van der Waals surface area contributed by atoms with E-state index in [4.69, 9.17) is 0 Å². The number of aromatic nitrogens is 5. The molecule has 6 nitrogen and oxygen atoms in total. The second-order valence-corrected chi connectivity index (χ2v) is 3.55. The molecule has 16 heavy (non-hydrogen) atoms. The van der Waals surface area contributed by atoms with Gasteiger partial charge in [0.05, 0.1) is 18.6 Å². The van der Waals surface area contributed by atoms with Crippen LogP contribution in [0.4, 0.5) is 0 Å². The normalized spacial score (nSPS) is 10.8. The molecule has 0 aliphatic carbocycles. The Morgan fingerprint density at radius 2 is 2.31 bits per heavy atom. The van der Waals surface area contributed by atoms with Gasteiger partial charge in [-0.15, -0.1) is 5.10 Å². The molecule has 6 heteroatoms. The fourth-order valence-corrected chi connectivity index (χ4v) is 1.42. The van der Waals surface area contributed by atoms with Gasteiger partial charge in [-0.25, -0.2) is 4.98 Å². The third-order valence-corrected chi connectivity index (χ3v) is 2.29. The molecule has 2 rings (SSSR count). The highest BCUT2D eigenvalue weighted by Crippen LogP contribution is 1.94. The molecule has 0 aromatic carbocycles. The summed E-state index contributed by atoms with van der Waals surface area (Å²) < 4.78 is 3.87. The number of aryl methyl sites for hydroxylation is 2. The van der Waals surface area contributed by atoms with E-state index in [0.29, 0.717) is 0 Å². The quantitative estimate of drug-likeness (QED) is 0.760. The lowest BCUT2D eigenvalue weighted by Gasteiger charge is -2.00. The summed E-state index contributed by atoms with van der Waals surface area (Å²) >= 11 is 0. The largest absolute Gasteiger partial charge is 0.336 e. The number of hydrogen-bond acceptors (Lipinski definition) is 4. The Morgan fingerprint density at radius 1 is 1.38 bits per heavy atom. The summed E-state index contributed by atoms with van der Waals surface area (Å²) in [4.78, 5) is 3.99. The van der Waals surface area contributed by atoms with Crippen molar-refractivity contribution in [3.05, 3.63) is 30.6 Å². The smallest absolute Gasteiger partial charge is 0.0964 e. The van der Waals surface area contributed by atoms with Gasteiger partial charge in [0.15, 0.2) is 0 Å². The first kappa shape index (κ1) is 10.8. The molecular weight excluding hydrogens is 204 g/mol. The van der Waals surface area contributed by atoms with Gasteiger partial charge in [0, 0.05) is 31.7 Å². The molecule has 0 spiro atoms. The molecule has 0 amide bonds. The summed E-state index contributed by atoms with van der Waals surface area (Å²) in [7, 11) is 0. The van der Waals surface area contributed by atoms with E-state index in [9.17, 15) is 0 Å². The Balaban J connectivity index is 1.83. The second kappa shape index (κ2) is 5.41. The van der Waals surface area contributed by atoms with Crippen LogP contribution in [-0.4, -0.2) is 31.1 Å². The maximum Gasteiger partial charge on any atom is 0.0964 e. The Morgan fingerprint density at radius 3 is 3.06 bits per heavy atom. The fraction of sp³-hybridized carbons (Fsp3) is 0.500. The van der Waals surface area contributed by atoms with E-state index in [1.165, 1.54) is 0 Å². The van der Waals surface area contributed by atoms with Crippen LogP contribution in [0, 0.1) is 0 Å². The van der Waals surface area contributed by atoms with Crippen molar-refractivity contribution in [1.29, 1.82) is 0 Å². The van der Waals surface area contributed by atoms with Gasteiger partial charge in [0.1, 0.15) is 0 Å². The molecule has 0 fully saturated rings. The first-order valence-electron chi connectivity index (χ1n) is 5.44. The third kappa shape index (κ3) is 2.90. The average molecular weight is 220 g/mol. The van der Waals surface area contributed by atoms with Crippen molar-refractivity contribution in [1.82, 2.24) is 29.9 Å². The molecule has 0 saturated carbocycles. The highest BCUT2D eigenvalue weighted by atomic mass is 15.4. The first-order valence-corrected chi connectivity index (χ1v) is 5.44. The minimum absolute atomic E-state index is 0.779. The first-order chi connectivity index (χ1) is 7.88. The summed E-state index contributed by atoms with van der Waals surface area (Å²) in [6, 6.07) is 0. The number of nitrogens with zero attached hydrogens (tertiary/aromatic N) is 5. The van der Waals surface area contributed by atoms with Crippen molar-refractivity contribution in [3.63, 3.8) is 0 Å². The summed E-state index contributed by atoms with van der Waals surface area (Å²) in [6.45, 7) is 5.48. The molecule has 0 atom stereocenters. The van der Waals surface area contributed by atoms with Crippen molar-refractivity contribution >= 4 is 0 Å². The molecule has 2 heterocycles. The highest BCUT2D eigenvalue weighted by molar-refractivity contribution is 4.91. The van der Waals surface area contributed by atoms with Crippen LogP contribution in [0.1, 0.15) is 12.6 Å². The van der Waals surface area contributed by atoms with E-state index in [1.54, 1.807) is 12.5 Å². The zero-order valence-corrected chi connectivity index (χ0v) is 9.37. The van der Waals surface area contributed by atoms with E-state index in [2.05, 4.69) is 27.5 Å². The average Bonchev–Trinajstić information content (AvgIpc) is 2.95. The van der Waals surface area contributed by atoms with E-state index in [0.717, 1.165) is 31.9 Å². The molecular formula is C10H16N6. The van der Waals surface area contributed by atoms with Gasteiger partial charge in [-0.2, -0.15) is 0 Å². The molecule has 0 saturated heterocycles. The highest BCUT2D eigenvalue weighted by Gasteiger charge is 1.99. The third-order valence-electron chi connectivity index (χ3n) is 2.29. The number of rotatable bonds is 6. The molecule has 0 aliphatic rings. The molecule has 0 bridgehead atoms. The molecule has 0 unspecified atom stereocenters. The van der Waals surface area contributed by atoms with Gasteiger partial charge in [-0.3, -0.25) is 4.68 Å². The van der Waals surface area contributed by atoms with E-state index >= 15 is 0 Å². The van der Waals surface area contributed by atoms with Crippen molar-refractivity contribution < 1.29 is 0 Å². The summed E-state index contributed by atoms with van der Waals surface area (Å²) in [6.07, 6.45) is 7.49. The van der Waals surface area contributed by atoms with Crippen molar-refractivity contribution in [2.45, 2.75) is 26.6 Å². The maximum atomic E-state index is 4.08. The lowest BCUT2D eigenvalue weighted by molar-refractivity contribution is 0.519. The topological polar surface area (TPSA) is 60.6 Å². The minimum Gasteiger partial charge on any atom is -0.336 e. The predicted octanol–water partition coefficient (Wildman–Crippen LogP) is 0.284. The van der Waals surface area contributed by atoms with Gasteiger partial charge in [0.2, 0.25) is 0 Å². The number of hydrogen-bond donors (Lipinski definition) is 1. The van der Waals surface area contributed by atoms with E-state index < -0.39 is 0 Å². The SMILES string of the molecule is CCNCc1cn(CCn2ccnc2)nn1. The van der Waals surface area contributed by atoms with Gasteiger partial charge >= 0.3 is 0 Å². The number of imidazole rings is 1. The predicted molar refractivity (Wildman–Crippen MR) is 59.6 cm³/mol. The summed E-state index contributed by atoms with van der Waals surface area (Å²) in [5.41, 5.74) is 0.979. The zero-order valence-electron chi connectivity index (χ0n) is 9.37. The Labute approximate surface area is 94.3 Å². The summed E-state index contributed by atoms with van der Waals surface area (Å²) in [5, 5.41) is 11.4. The lowest BCUT2D eigenvalue weighted by Crippen LogP contribution is -2.11. The van der Waals surface area contributed by atoms with Crippen LogP contribution >= 0.6 is 0 Å². The van der Waals surface area contributed by atoms with Gasteiger partial charge in [-0.05, 0) is 6.54 Å². The zero-order chi connectivity index (χ0) is 11.2. The van der Waals surface area contributed by atoms with Crippen molar-refractivity contribution in [3.8, 4) is 0 Å². The molecule has 86 valence electrons. The Kier molecular flexibility index (Phi) is 3.66. The van der Waals surface area contributed by atoms with Crippen LogP contribution in [-0.2, 0) is 19.6 Å². The van der Waals surface area contributed by atoms with Crippen molar-refractivity contribution in [2.75, 3.05) is 6.54 Å². The van der Waals surface area contributed by atoms with Crippen LogP contribution in [0.3, 0.4) is 0 Å². The summed E-state index contributed by atoms with van der Waals surface area (Å²) in [5.74, 6) is 0. The molecule has 0 radical (unpaired) electrons. The fourth-order valence-electron chi connectivity index (χ4n) is 1.42. The maximum absolute atomic E-state index is 4.08. The monoisotopic (exact) mass is 220 g/mol. The van der Waals surface area contributed by atoms with Crippen molar-refractivity contribution in [2.24, 2.45) is 0 Å². The Bertz CT molecular complexity index is 405. The Hall–Kier alpha value is -1.69. The van der Waals surface area contributed by atoms with E-state index in [-0.39, 0.29) is 0 Å². The van der Waals surface area contributed by atoms with Gasteiger partial charge in [0.25, 0.3) is 0 Å². The van der Waals surface area contributed by atoms with E-state index in [1.807, 2.05) is 21.6 Å². The standard InChI is InChI=1S/C10H16N6/c1-2-11-7-10-8-16(14-13-10)6-5-15-4-3-12-9-15/h3-4,8-9,11H,2,5-7H2,1H3. The van der Waals surface area contributed by atoms with Gasteiger partial charge < -0.3 is 9.88 Å². The van der Waals surface area contributed by atoms with Crippen LogP contribution in [0.25, 0.3) is 0 Å². The van der Waals surface area contributed by atoms with Gasteiger partial charge in [-0.1, -0.05) is 12.1 Å².